The number of aromatic nitrogens is 2. The van der Waals surface area contributed by atoms with Crippen LogP contribution in [0, 0.1) is 0 Å². The number of H-pyrrole nitrogens is 1. The van der Waals surface area contributed by atoms with Crippen LogP contribution in [0.2, 0.25) is 0 Å². The third-order valence-corrected chi connectivity index (χ3v) is 3.39. The second-order valence-electron chi connectivity index (χ2n) is 4.64. The molecule has 1 amide bonds. The van der Waals surface area contributed by atoms with Crippen LogP contribution in [0.5, 0.6) is 5.75 Å². The van der Waals surface area contributed by atoms with Crippen molar-refractivity contribution in [1.82, 2.24) is 15.1 Å². The maximum absolute atomic E-state index is 12.4. The molecule has 0 bridgehead atoms. The topological polar surface area (TPSA) is 75.3 Å². The zero-order valence-corrected chi connectivity index (χ0v) is 12.2. The number of benzene rings is 1. The molecule has 110 valence electrons. The van der Waals surface area contributed by atoms with E-state index in [2.05, 4.69) is 10.2 Å². The Kier molecular flexibility index (Phi) is 4.37. The molecule has 2 aromatic rings. The van der Waals surface area contributed by atoms with Crippen molar-refractivity contribution in [3.05, 3.63) is 58.0 Å². The standard InChI is InChI=1S/C15H17N3O3/c1-10(11-6-4-5-7-13(11)21-3)18(2)15(20)12-8-9-14(19)17-16-12/h4-10H,1-3H3,(H,17,19). The average Bonchev–Trinajstić information content (AvgIpc) is 2.53. The fraction of sp³-hybridized carbons (Fsp3) is 0.267. The molecule has 0 saturated carbocycles. The van der Waals surface area contributed by atoms with Crippen LogP contribution in [0.1, 0.15) is 29.0 Å². The number of rotatable bonds is 4. The van der Waals surface area contributed by atoms with Crippen molar-refractivity contribution in [2.24, 2.45) is 0 Å². The Morgan fingerprint density at radius 3 is 2.62 bits per heavy atom. The normalized spacial score (nSPS) is 11.8. The average molecular weight is 287 g/mol. The van der Waals surface area contributed by atoms with Crippen molar-refractivity contribution >= 4 is 5.91 Å². The molecule has 0 fully saturated rings. The van der Waals surface area contributed by atoms with E-state index >= 15 is 0 Å². The molecule has 1 aromatic heterocycles. The molecule has 1 aromatic carbocycles. The monoisotopic (exact) mass is 287 g/mol. The number of nitrogens with zero attached hydrogens (tertiary/aromatic N) is 2. The van der Waals surface area contributed by atoms with E-state index < -0.39 is 0 Å². The van der Waals surface area contributed by atoms with Crippen LogP contribution in [0.25, 0.3) is 0 Å². The third kappa shape index (κ3) is 3.10. The Labute approximate surface area is 122 Å². The van der Waals surface area contributed by atoms with E-state index in [-0.39, 0.29) is 23.2 Å². The largest absolute Gasteiger partial charge is 0.496 e. The zero-order valence-electron chi connectivity index (χ0n) is 12.2. The van der Waals surface area contributed by atoms with Crippen molar-refractivity contribution in [3.8, 4) is 5.75 Å². The molecule has 1 N–H and O–H groups in total. The quantitative estimate of drug-likeness (QED) is 0.927. The Balaban J connectivity index is 2.26. The first-order valence-corrected chi connectivity index (χ1v) is 6.50. The lowest BCUT2D eigenvalue weighted by Crippen LogP contribution is -2.31. The maximum atomic E-state index is 12.4. The van der Waals surface area contributed by atoms with E-state index in [0.717, 1.165) is 11.3 Å². The highest BCUT2D eigenvalue weighted by molar-refractivity contribution is 5.92. The molecule has 6 nitrogen and oxygen atoms in total. The van der Waals surface area contributed by atoms with Crippen molar-refractivity contribution in [2.75, 3.05) is 14.2 Å². The molecule has 0 spiro atoms. The third-order valence-electron chi connectivity index (χ3n) is 3.39. The van der Waals surface area contributed by atoms with Crippen molar-refractivity contribution in [2.45, 2.75) is 13.0 Å². The van der Waals surface area contributed by atoms with Gasteiger partial charge in [0.1, 0.15) is 11.4 Å². The fourth-order valence-corrected chi connectivity index (χ4v) is 2.04. The molecule has 1 atom stereocenters. The SMILES string of the molecule is COc1ccccc1C(C)N(C)C(=O)c1ccc(=O)[nH]n1. The van der Waals surface area contributed by atoms with Gasteiger partial charge in [0, 0.05) is 18.7 Å². The molecule has 2 rings (SSSR count). The maximum Gasteiger partial charge on any atom is 0.274 e. The van der Waals surface area contributed by atoms with Gasteiger partial charge in [0.25, 0.3) is 11.5 Å². The Hall–Kier alpha value is -2.63. The first-order chi connectivity index (χ1) is 10.0. The Bertz CT molecular complexity index is 676. The van der Waals surface area contributed by atoms with E-state index in [4.69, 9.17) is 4.74 Å². The summed E-state index contributed by atoms with van der Waals surface area (Å²) in [5.41, 5.74) is 0.756. The second kappa shape index (κ2) is 6.21. The molecule has 0 aliphatic rings. The number of carbonyl (C=O) groups excluding carboxylic acids is 1. The van der Waals surface area contributed by atoms with Crippen LogP contribution in [0.3, 0.4) is 0 Å². The molecular formula is C15H17N3O3. The lowest BCUT2D eigenvalue weighted by Gasteiger charge is -2.26. The number of para-hydroxylation sites is 1. The molecule has 1 unspecified atom stereocenters. The summed E-state index contributed by atoms with van der Waals surface area (Å²) in [5, 5.41) is 6.02. The van der Waals surface area contributed by atoms with Gasteiger partial charge < -0.3 is 9.64 Å². The summed E-state index contributed by atoms with van der Waals surface area (Å²) in [6.45, 7) is 1.90. The van der Waals surface area contributed by atoms with Crippen molar-refractivity contribution < 1.29 is 9.53 Å². The predicted molar refractivity (Wildman–Crippen MR) is 78.4 cm³/mol. The number of methoxy groups -OCH3 is 1. The molecule has 0 aliphatic carbocycles. The molecule has 0 aliphatic heterocycles. The van der Waals surface area contributed by atoms with Crippen LogP contribution >= 0.6 is 0 Å². The number of hydrogen-bond acceptors (Lipinski definition) is 4. The summed E-state index contributed by atoms with van der Waals surface area (Å²) in [5.74, 6) is 0.448. The first kappa shape index (κ1) is 14.8. The fourth-order valence-electron chi connectivity index (χ4n) is 2.04. The van der Waals surface area contributed by atoms with Gasteiger partial charge in [0.2, 0.25) is 0 Å². The summed E-state index contributed by atoms with van der Waals surface area (Å²) >= 11 is 0. The zero-order chi connectivity index (χ0) is 15.4. The summed E-state index contributed by atoms with van der Waals surface area (Å²) in [6, 6.07) is 10.0. The summed E-state index contributed by atoms with van der Waals surface area (Å²) in [4.78, 5) is 24.9. The lowest BCUT2D eigenvalue weighted by atomic mass is 10.1. The molecular weight excluding hydrogens is 270 g/mol. The van der Waals surface area contributed by atoms with Crippen molar-refractivity contribution in [1.29, 1.82) is 0 Å². The van der Waals surface area contributed by atoms with Crippen LogP contribution < -0.4 is 10.3 Å². The van der Waals surface area contributed by atoms with Gasteiger partial charge in [-0.15, -0.1) is 0 Å². The highest BCUT2D eigenvalue weighted by Crippen LogP contribution is 2.28. The van der Waals surface area contributed by atoms with Crippen LogP contribution in [-0.2, 0) is 0 Å². The number of carbonyl (C=O) groups is 1. The number of nitrogens with one attached hydrogen (secondary N) is 1. The van der Waals surface area contributed by atoms with Crippen LogP contribution in [-0.4, -0.2) is 35.2 Å². The van der Waals surface area contributed by atoms with E-state index in [0.29, 0.717) is 0 Å². The second-order valence-corrected chi connectivity index (χ2v) is 4.64. The Morgan fingerprint density at radius 2 is 2.00 bits per heavy atom. The highest BCUT2D eigenvalue weighted by atomic mass is 16.5. The van der Waals surface area contributed by atoms with Gasteiger partial charge in [-0.2, -0.15) is 5.10 Å². The van der Waals surface area contributed by atoms with E-state index in [9.17, 15) is 9.59 Å². The van der Waals surface area contributed by atoms with E-state index in [1.165, 1.54) is 12.1 Å². The molecule has 0 radical (unpaired) electrons. The van der Waals surface area contributed by atoms with E-state index in [1.54, 1.807) is 19.1 Å². The summed E-state index contributed by atoms with van der Waals surface area (Å²) in [6.07, 6.45) is 0. The van der Waals surface area contributed by atoms with Crippen LogP contribution in [0.4, 0.5) is 0 Å². The minimum absolute atomic E-state index is 0.192. The summed E-state index contributed by atoms with van der Waals surface area (Å²) in [7, 11) is 3.28. The van der Waals surface area contributed by atoms with Gasteiger partial charge in [-0.05, 0) is 19.1 Å². The summed E-state index contributed by atoms with van der Waals surface area (Å²) < 4.78 is 5.32. The van der Waals surface area contributed by atoms with Crippen molar-refractivity contribution in [3.63, 3.8) is 0 Å². The molecule has 1 heterocycles. The Morgan fingerprint density at radius 1 is 1.29 bits per heavy atom. The van der Waals surface area contributed by atoms with Gasteiger partial charge in [-0.3, -0.25) is 9.59 Å². The molecule has 0 saturated heterocycles. The minimum atomic E-state index is -0.341. The van der Waals surface area contributed by atoms with Gasteiger partial charge in [-0.25, -0.2) is 5.10 Å². The van der Waals surface area contributed by atoms with Gasteiger partial charge in [0.05, 0.1) is 13.2 Å². The van der Waals surface area contributed by atoms with Gasteiger partial charge in [0.15, 0.2) is 0 Å². The van der Waals surface area contributed by atoms with Gasteiger partial charge >= 0.3 is 0 Å². The number of ether oxygens (including phenoxy) is 1. The van der Waals surface area contributed by atoms with Gasteiger partial charge in [-0.1, -0.05) is 18.2 Å². The van der Waals surface area contributed by atoms with E-state index in [1.807, 2.05) is 31.2 Å². The number of aromatic amines is 1. The minimum Gasteiger partial charge on any atom is -0.496 e. The number of hydrogen-bond donors (Lipinski definition) is 1. The smallest absolute Gasteiger partial charge is 0.274 e. The highest BCUT2D eigenvalue weighted by Gasteiger charge is 2.22. The molecule has 21 heavy (non-hydrogen) atoms. The first-order valence-electron chi connectivity index (χ1n) is 6.50. The molecule has 6 heteroatoms. The predicted octanol–water partition coefficient (Wildman–Crippen LogP) is 1.61. The lowest BCUT2D eigenvalue weighted by molar-refractivity contribution is 0.0734. The van der Waals surface area contributed by atoms with Crippen LogP contribution in [0.15, 0.2) is 41.2 Å². The number of amides is 1.